The summed E-state index contributed by atoms with van der Waals surface area (Å²) in [6, 6.07) is 5.33. The monoisotopic (exact) mass is 236 g/mol. The third kappa shape index (κ3) is 2.78. The average Bonchev–Trinajstić information content (AvgIpc) is 2.29. The van der Waals surface area contributed by atoms with Crippen molar-refractivity contribution >= 4 is 5.69 Å². The maximum Gasteiger partial charge on any atom is 0.146 e. The van der Waals surface area contributed by atoms with E-state index in [4.69, 9.17) is 5.73 Å². The highest BCUT2D eigenvalue weighted by molar-refractivity contribution is 5.49. The number of anilines is 1. The summed E-state index contributed by atoms with van der Waals surface area (Å²) >= 11 is 0. The van der Waals surface area contributed by atoms with Gasteiger partial charge in [0.25, 0.3) is 0 Å². The Bertz CT molecular complexity index is 374. The summed E-state index contributed by atoms with van der Waals surface area (Å²) in [5, 5.41) is 0. The number of hydrogen-bond donors (Lipinski definition) is 1. The molecule has 1 fully saturated rings. The molecule has 2 N–H and O–H groups in total. The Balaban J connectivity index is 2.11. The smallest absolute Gasteiger partial charge is 0.146 e. The van der Waals surface area contributed by atoms with Gasteiger partial charge in [-0.1, -0.05) is 12.5 Å². The molecule has 0 unspecified atom stereocenters. The van der Waals surface area contributed by atoms with Crippen LogP contribution >= 0.6 is 0 Å². The summed E-state index contributed by atoms with van der Waals surface area (Å²) in [6.07, 6.45) is 3.91. The lowest BCUT2D eigenvalue weighted by atomic mass is 9.85. The van der Waals surface area contributed by atoms with Gasteiger partial charge in [0.15, 0.2) is 0 Å². The van der Waals surface area contributed by atoms with E-state index >= 15 is 0 Å². The summed E-state index contributed by atoms with van der Waals surface area (Å²) in [4.78, 5) is 2.14. The minimum absolute atomic E-state index is 0.144. The first kappa shape index (κ1) is 12.4. The topological polar surface area (TPSA) is 29.3 Å². The third-order valence-electron chi connectivity index (χ3n) is 3.67. The Kier molecular flexibility index (Phi) is 4.00. The molecule has 0 radical (unpaired) electrons. The van der Waals surface area contributed by atoms with Crippen molar-refractivity contribution in [1.82, 2.24) is 0 Å². The maximum absolute atomic E-state index is 13.9. The predicted octanol–water partition coefficient (Wildman–Crippen LogP) is 2.91. The number of nitrogens with zero attached hydrogens (tertiary/aromatic N) is 1. The highest BCUT2D eigenvalue weighted by Crippen LogP contribution is 2.30. The zero-order valence-electron chi connectivity index (χ0n) is 10.5. The number of rotatable bonds is 5. The van der Waals surface area contributed by atoms with Gasteiger partial charge in [-0.3, -0.25) is 0 Å². The van der Waals surface area contributed by atoms with Gasteiger partial charge in [-0.05, 0) is 43.4 Å². The van der Waals surface area contributed by atoms with Gasteiger partial charge >= 0.3 is 0 Å². The molecule has 1 aromatic rings. The minimum atomic E-state index is -0.144. The molecule has 0 aromatic heterocycles. The molecule has 17 heavy (non-hydrogen) atoms. The van der Waals surface area contributed by atoms with Gasteiger partial charge < -0.3 is 10.6 Å². The molecule has 1 saturated carbocycles. The molecule has 0 saturated heterocycles. The van der Waals surface area contributed by atoms with Crippen LogP contribution in [0.25, 0.3) is 0 Å². The van der Waals surface area contributed by atoms with Crippen molar-refractivity contribution < 1.29 is 4.39 Å². The Hall–Kier alpha value is -1.09. The molecule has 0 atom stereocenters. The largest absolute Gasteiger partial charge is 0.369 e. The van der Waals surface area contributed by atoms with E-state index in [1.165, 1.54) is 19.3 Å². The fourth-order valence-corrected chi connectivity index (χ4v) is 2.32. The maximum atomic E-state index is 13.9. The zero-order chi connectivity index (χ0) is 12.3. The lowest BCUT2D eigenvalue weighted by Gasteiger charge is -2.33. The number of hydrogen-bond acceptors (Lipinski definition) is 2. The van der Waals surface area contributed by atoms with Crippen molar-refractivity contribution in [3.63, 3.8) is 0 Å². The van der Waals surface area contributed by atoms with Gasteiger partial charge in [-0.25, -0.2) is 4.39 Å². The Labute approximate surface area is 103 Å². The van der Waals surface area contributed by atoms with Crippen molar-refractivity contribution in [2.24, 2.45) is 11.7 Å². The second kappa shape index (κ2) is 5.50. The van der Waals surface area contributed by atoms with E-state index in [1.807, 2.05) is 12.1 Å². The van der Waals surface area contributed by atoms with Crippen LogP contribution in [-0.4, -0.2) is 13.1 Å². The van der Waals surface area contributed by atoms with E-state index in [0.717, 1.165) is 30.3 Å². The van der Waals surface area contributed by atoms with Crippen molar-refractivity contribution in [2.75, 3.05) is 18.0 Å². The standard InChI is InChI=1S/C14H21FN2/c1-2-17(10-11-4-3-5-11)14-7-6-12(9-16)8-13(14)15/h6-8,11H,2-5,9-10,16H2,1H3. The first-order valence-corrected chi connectivity index (χ1v) is 6.48. The van der Waals surface area contributed by atoms with Gasteiger partial charge in [0.1, 0.15) is 5.82 Å². The van der Waals surface area contributed by atoms with Crippen molar-refractivity contribution in [1.29, 1.82) is 0 Å². The van der Waals surface area contributed by atoms with Gasteiger partial charge in [0, 0.05) is 19.6 Å². The van der Waals surface area contributed by atoms with Crippen LogP contribution in [0, 0.1) is 11.7 Å². The van der Waals surface area contributed by atoms with E-state index < -0.39 is 0 Å². The van der Waals surface area contributed by atoms with E-state index in [-0.39, 0.29) is 5.82 Å². The van der Waals surface area contributed by atoms with Crippen LogP contribution in [0.1, 0.15) is 31.7 Å². The molecule has 1 aromatic carbocycles. The van der Waals surface area contributed by atoms with Gasteiger partial charge in [0.2, 0.25) is 0 Å². The Morgan fingerprint density at radius 3 is 2.65 bits per heavy atom. The van der Waals surface area contributed by atoms with Crippen LogP contribution in [0.3, 0.4) is 0 Å². The zero-order valence-corrected chi connectivity index (χ0v) is 10.5. The van der Waals surface area contributed by atoms with Crippen molar-refractivity contribution in [3.05, 3.63) is 29.6 Å². The highest BCUT2D eigenvalue weighted by atomic mass is 19.1. The Morgan fingerprint density at radius 1 is 1.41 bits per heavy atom. The summed E-state index contributed by atoms with van der Waals surface area (Å²) in [5.74, 6) is 0.609. The van der Waals surface area contributed by atoms with Crippen molar-refractivity contribution in [3.8, 4) is 0 Å². The molecule has 0 aliphatic heterocycles. The Morgan fingerprint density at radius 2 is 2.18 bits per heavy atom. The van der Waals surface area contributed by atoms with E-state index in [9.17, 15) is 4.39 Å². The van der Waals surface area contributed by atoms with E-state index in [1.54, 1.807) is 6.07 Å². The van der Waals surface area contributed by atoms with E-state index in [0.29, 0.717) is 6.54 Å². The molecular weight excluding hydrogens is 215 g/mol. The third-order valence-corrected chi connectivity index (χ3v) is 3.67. The van der Waals surface area contributed by atoms with Crippen LogP contribution < -0.4 is 10.6 Å². The minimum Gasteiger partial charge on any atom is -0.369 e. The molecule has 2 rings (SSSR count). The molecule has 94 valence electrons. The normalized spacial score (nSPS) is 15.7. The second-order valence-corrected chi connectivity index (χ2v) is 4.83. The van der Waals surface area contributed by atoms with Crippen LogP contribution in [0.5, 0.6) is 0 Å². The molecule has 2 nitrogen and oxygen atoms in total. The van der Waals surface area contributed by atoms with Crippen LogP contribution in [-0.2, 0) is 6.54 Å². The second-order valence-electron chi connectivity index (χ2n) is 4.83. The number of benzene rings is 1. The molecule has 0 amide bonds. The summed E-state index contributed by atoms with van der Waals surface area (Å²) in [6.45, 7) is 4.31. The molecule has 0 spiro atoms. The summed E-state index contributed by atoms with van der Waals surface area (Å²) < 4.78 is 13.9. The molecule has 0 heterocycles. The van der Waals surface area contributed by atoms with Crippen molar-refractivity contribution in [2.45, 2.75) is 32.7 Å². The summed E-state index contributed by atoms with van der Waals surface area (Å²) in [5.41, 5.74) is 7.08. The number of nitrogens with two attached hydrogens (primary N) is 1. The SMILES string of the molecule is CCN(CC1CCC1)c1ccc(CN)cc1F. The van der Waals surface area contributed by atoms with Crippen LogP contribution in [0.2, 0.25) is 0 Å². The quantitative estimate of drug-likeness (QED) is 0.851. The van der Waals surface area contributed by atoms with Crippen LogP contribution in [0.4, 0.5) is 10.1 Å². The molecule has 1 aliphatic carbocycles. The van der Waals surface area contributed by atoms with Crippen LogP contribution in [0.15, 0.2) is 18.2 Å². The predicted molar refractivity (Wildman–Crippen MR) is 69.5 cm³/mol. The molecule has 3 heteroatoms. The summed E-state index contributed by atoms with van der Waals surface area (Å²) in [7, 11) is 0. The molecular formula is C14H21FN2. The average molecular weight is 236 g/mol. The number of halogens is 1. The van der Waals surface area contributed by atoms with E-state index in [2.05, 4.69) is 11.8 Å². The molecule has 0 bridgehead atoms. The first-order chi connectivity index (χ1) is 8.24. The lowest BCUT2D eigenvalue weighted by Crippen LogP contribution is -2.33. The van der Waals surface area contributed by atoms with Gasteiger partial charge in [-0.15, -0.1) is 0 Å². The molecule has 1 aliphatic rings. The fraction of sp³-hybridized carbons (Fsp3) is 0.571. The first-order valence-electron chi connectivity index (χ1n) is 6.48. The lowest BCUT2D eigenvalue weighted by molar-refractivity contribution is 0.318. The van der Waals surface area contributed by atoms with Gasteiger partial charge in [0.05, 0.1) is 5.69 Å². The fourth-order valence-electron chi connectivity index (χ4n) is 2.32. The van der Waals surface area contributed by atoms with Gasteiger partial charge in [-0.2, -0.15) is 0 Å². The highest BCUT2D eigenvalue weighted by Gasteiger charge is 2.21.